The number of nitrogens with one attached hydrogen (secondary N) is 1. The van der Waals surface area contributed by atoms with E-state index in [2.05, 4.69) is 26.9 Å². The van der Waals surface area contributed by atoms with Gasteiger partial charge in [-0.2, -0.15) is 0 Å². The van der Waals surface area contributed by atoms with Gasteiger partial charge in [-0.1, -0.05) is 19.8 Å². The van der Waals surface area contributed by atoms with Crippen molar-refractivity contribution in [3.63, 3.8) is 0 Å². The van der Waals surface area contributed by atoms with E-state index in [1.807, 2.05) is 13.0 Å². The highest BCUT2D eigenvalue weighted by Crippen LogP contribution is 2.24. The van der Waals surface area contributed by atoms with Crippen LogP contribution < -0.4 is 5.32 Å². The lowest BCUT2D eigenvalue weighted by Gasteiger charge is -2.17. The topological polar surface area (TPSA) is 64.1 Å². The fourth-order valence-corrected chi connectivity index (χ4v) is 2.67. The summed E-state index contributed by atoms with van der Waals surface area (Å²) >= 11 is 0. The van der Waals surface area contributed by atoms with Gasteiger partial charge in [-0.3, -0.25) is 0 Å². The lowest BCUT2D eigenvalue weighted by Crippen LogP contribution is -2.20. The molecular weight excluding hydrogens is 254 g/mol. The highest BCUT2D eigenvalue weighted by molar-refractivity contribution is 5.85. The van der Waals surface area contributed by atoms with Gasteiger partial charge in [-0.25, -0.2) is 14.8 Å². The minimum Gasteiger partial charge on any atom is -0.463 e. The molecule has 1 N–H and O–H groups in total. The summed E-state index contributed by atoms with van der Waals surface area (Å²) in [5.41, 5.74) is 0.768. The molecule has 2 atom stereocenters. The average Bonchev–Trinajstić information content (AvgIpc) is 2.62. The lowest BCUT2D eigenvalue weighted by atomic mass is 10.0. The van der Waals surface area contributed by atoms with Crippen LogP contribution in [-0.4, -0.2) is 29.1 Å². The normalized spacial score (nSPS) is 22.9. The van der Waals surface area contributed by atoms with E-state index < -0.39 is 5.97 Å². The molecule has 1 aromatic rings. The Bertz CT molecular complexity index is 476. The Labute approximate surface area is 120 Å². The van der Waals surface area contributed by atoms with Crippen LogP contribution in [0.4, 0.5) is 5.82 Å². The summed E-state index contributed by atoms with van der Waals surface area (Å²) in [6.45, 7) is 4.17. The number of aryl methyl sites for hydroxylation is 1. The van der Waals surface area contributed by atoms with Crippen LogP contribution in [0.5, 0.6) is 0 Å². The van der Waals surface area contributed by atoms with E-state index in [0.717, 1.165) is 30.3 Å². The summed E-state index contributed by atoms with van der Waals surface area (Å²) in [5.74, 6) is 1.15. The molecule has 1 saturated carbocycles. The first-order valence-corrected chi connectivity index (χ1v) is 7.29. The molecule has 2 unspecified atom stereocenters. The van der Waals surface area contributed by atoms with E-state index in [9.17, 15) is 4.79 Å². The second-order valence-electron chi connectivity index (χ2n) is 5.66. The van der Waals surface area contributed by atoms with Gasteiger partial charge in [-0.05, 0) is 32.1 Å². The van der Waals surface area contributed by atoms with Crippen molar-refractivity contribution < 1.29 is 9.53 Å². The number of ether oxygens (including phenoxy) is 1. The Morgan fingerprint density at radius 2 is 2.10 bits per heavy atom. The summed E-state index contributed by atoms with van der Waals surface area (Å²) in [4.78, 5) is 19.9. The van der Waals surface area contributed by atoms with Crippen LogP contribution in [0.1, 0.15) is 55.3 Å². The number of carbonyl (C=O) groups is 1. The predicted molar refractivity (Wildman–Crippen MR) is 77.8 cm³/mol. The first-order chi connectivity index (χ1) is 9.58. The molecule has 5 nitrogen and oxygen atoms in total. The van der Waals surface area contributed by atoms with Crippen molar-refractivity contribution in [2.75, 3.05) is 12.4 Å². The summed E-state index contributed by atoms with van der Waals surface area (Å²) in [5, 5.41) is 3.44. The third-order valence-electron chi connectivity index (χ3n) is 3.83. The number of carbonyl (C=O) groups excluding carboxylic acids is 1. The molecule has 1 aliphatic rings. The van der Waals surface area contributed by atoms with Gasteiger partial charge in [0.15, 0.2) is 0 Å². The molecule has 0 saturated heterocycles. The number of rotatable bonds is 3. The summed E-state index contributed by atoms with van der Waals surface area (Å²) in [6, 6.07) is 2.31. The number of methoxy groups -OCH3 is 1. The summed E-state index contributed by atoms with van der Waals surface area (Å²) in [7, 11) is 1.34. The number of hydrogen-bond donors (Lipinski definition) is 1. The van der Waals surface area contributed by atoms with Crippen molar-refractivity contribution in [2.45, 2.75) is 52.0 Å². The molecule has 1 fully saturated rings. The van der Waals surface area contributed by atoms with E-state index in [0.29, 0.717) is 6.04 Å². The van der Waals surface area contributed by atoms with Gasteiger partial charge in [0.05, 0.1) is 7.11 Å². The molecule has 0 radical (unpaired) electrons. The number of aromatic nitrogens is 2. The van der Waals surface area contributed by atoms with Crippen LogP contribution in [0.2, 0.25) is 0 Å². The lowest BCUT2D eigenvalue weighted by molar-refractivity contribution is 0.0586. The Morgan fingerprint density at radius 1 is 1.30 bits per heavy atom. The van der Waals surface area contributed by atoms with Gasteiger partial charge in [0.25, 0.3) is 0 Å². The standard InChI is InChI=1S/C15H23N3O2/c1-10-5-4-6-12(8-7-10)17-13-9-11(2)16-14(18-13)15(19)20-3/h9-10,12H,4-8H2,1-3H3,(H,16,17,18). The zero-order valence-electron chi connectivity index (χ0n) is 12.5. The van der Waals surface area contributed by atoms with Crippen molar-refractivity contribution in [2.24, 2.45) is 5.92 Å². The minimum atomic E-state index is -0.494. The van der Waals surface area contributed by atoms with Gasteiger partial charge in [-0.15, -0.1) is 0 Å². The monoisotopic (exact) mass is 277 g/mol. The Morgan fingerprint density at radius 3 is 2.85 bits per heavy atom. The molecule has 1 aromatic heterocycles. The van der Waals surface area contributed by atoms with Crippen LogP contribution in [0.15, 0.2) is 6.07 Å². The van der Waals surface area contributed by atoms with E-state index >= 15 is 0 Å². The Kier molecular flexibility index (Phi) is 4.93. The Hall–Kier alpha value is -1.65. The largest absolute Gasteiger partial charge is 0.463 e. The number of esters is 1. The number of hydrogen-bond acceptors (Lipinski definition) is 5. The molecule has 1 heterocycles. The maximum Gasteiger partial charge on any atom is 0.376 e. The third kappa shape index (κ3) is 3.92. The zero-order valence-corrected chi connectivity index (χ0v) is 12.5. The fourth-order valence-electron chi connectivity index (χ4n) is 2.67. The first-order valence-electron chi connectivity index (χ1n) is 7.29. The fraction of sp³-hybridized carbons (Fsp3) is 0.667. The average molecular weight is 277 g/mol. The van der Waals surface area contributed by atoms with Crippen LogP contribution >= 0.6 is 0 Å². The first kappa shape index (κ1) is 14.8. The molecule has 5 heteroatoms. The van der Waals surface area contributed by atoms with Gasteiger partial charge in [0.1, 0.15) is 5.82 Å². The third-order valence-corrected chi connectivity index (χ3v) is 3.83. The van der Waals surface area contributed by atoms with Crippen molar-refractivity contribution in [1.82, 2.24) is 9.97 Å². The Balaban J connectivity index is 2.08. The van der Waals surface area contributed by atoms with Gasteiger partial charge in [0, 0.05) is 17.8 Å². The SMILES string of the molecule is COC(=O)c1nc(C)cc(NC2CCCC(C)CC2)n1. The second-order valence-corrected chi connectivity index (χ2v) is 5.66. The quantitative estimate of drug-likeness (QED) is 0.679. The molecule has 110 valence electrons. The van der Waals surface area contributed by atoms with Crippen LogP contribution in [0.25, 0.3) is 0 Å². The van der Waals surface area contributed by atoms with E-state index in [-0.39, 0.29) is 5.82 Å². The highest BCUT2D eigenvalue weighted by Gasteiger charge is 2.18. The highest BCUT2D eigenvalue weighted by atomic mass is 16.5. The summed E-state index contributed by atoms with van der Waals surface area (Å²) < 4.78 is 4.68. The molecule has 1 aliphatic carbocycles. The number of nitrogens with zero attached hydrogens (tertiary/aromatic N) is 2. The van der Waals surface area contributed by atoms with Gasteiger partial charge < -0.3 is 10.1 Å². The molecule has 0 aromatic carbocycles. The van der Waals surface area contributed by atoms with E-state index in [1.165, 1.54) is 26.4 Å². The smallest absolute Gasteiger partial charge is 0.376 e. The molecule has 0 spiro atoms. The predicted octanol–water partition coefficient (Wildman–Crippen LogP) is 2.95. The summed E-state index contributed by atoms with van der Waals surface area (Å²) in [6.07, 6.45) is 6.09. The molecule has 0 aliphatic heterocycles. The molecule has 20 heavy (non-hydrogen) atoms. The molecule has 2 rings (SSSR count). The van der Waals surface area contributed by atoms with Crippen molar-refractivity contribution >= 4 is 11.8 Å². The molecular formula is C15H23N3O2. The van der Waals surface area contributed by atoms with Gasteiger partial charge >= 0.3 is 5.97 Å². The van der Waals surface area contributed by atoms with Crippen molar-refractivity contribution in [3.05, 3.63) is 17.6 Å². The van der Waals surface area contributed by atoms with E-state index in [1.54, 1.807) is 0 Å². The maximum absolute atomic E-state index is 11.5. The van der Waals surface area contributed by atoms with E-state index in [4.69, 9.17) is 0 Å². The van der Waals surface area contributed by atoms with Gasteiger partial charge in [0.2, 0.25) is 5.82 Å². The zero-order chi connectivity index (χ0) is 14.5. The van der Waals surface area contributed by atoms with Crippen LogP contribution in [0.3, 0.4) is 0 Å². The van der Waals surface area contributed by atoms with Crippen LogP contribution in [-0.2, 0) is 4.74 Å². The van der Waals surface area contributed by atoms with Crippen molar-refractivity contribution in [1.29, 1.82) is 0 Å². The molecule has 0 bridgehead atoms. The number of anilines is 1. The minimum absolute atomic E-state index is 0.122. The maximum atomic E-state index is 11.5. The molecule has 0 amide bonds. The van der Waals surface area contributed by atoms with Crippen LogP contribution in [0, 0.1) is 12.8 Å². The van der Waals surface area contributed by atoms with Crippen molar-refractivity contribution in [3.8, 4) is 0 Å². The second kappa shape index (κ2) is 6.68.